The smallest absolute Gasteiger partial charge is 0.324 e. The quantitative estimate of drug-likeness (QED) is 0.423. The third-order valence-electron chi connectivity index (χ3n) is 6.31. The summed E-state index contributed by atoms with van der Waals surface area (Å²) in [5.41, 5.74) is 3.60. The number of rotatable bonds is 4. The molecule has 2 aromatic heterocycles. The lowest BCUT2D eigenvalue weighted by atomic mass is 9.87. The molecule has 0 atom stereocenters. The second kappa shape index (κ2) is 8.77. The van der Waals surface area contributed by atoms with E-state index in [1.54, 1.807) is 18.2 Å². The van der Waals surface area contributed by atoms with Crippen LogP contribution in [0.4, 0.5) is 24.8 Å². The van der Waals surface area contributed by atoms with Crippen molar-refractivity contribution in [1.82, 2.24) is 24.6 Å². The molecule has 188 valence electrons. The van der Waals surface area contributed by atoms with Gasteiger partial charge < -0.3 is 10.6 Å². The van der Waals surface area contributed by atoms with Crippen molar-refractivity contribution in [2.75, 3.05) is 11.9 Å². The van der Waals surface area contributed by atoms with E-state index in [-0.39, 0.29) is 22.4 Å². The van der Waals surface area contributed by atoms with Crippen LogP contribution in [0.15, 0.2) is 53.5 Å². The van der Waals surface area contributed by atoms with Crippen LogP contribution in [0.5, 0.6) is 0 Å². The molecule has 0 bridgehead atoms. The summed E-state index contributed by atoms with van der Waals surface area (Å²) in [6, 6.07) is 13.1. The van der Waals surface area contributed by atoms with Crippen LogP contribution in [0, 0.1) is 0 Å². The molecule has 0 fully saturated rings. The number of nitrogens with one attached hydrogen (secondary N) is 2. The first-order valence-electron chi connectivity index (χ1n) is 11.8. The van der Waals surface area contributed by atoms with E-state index >= 15 is 0 Å². The van der Waals surface area contributed by atoms with Gasteiger partial charge in [0, 0.05) is 18.4 Å². The van der Waals surface area contributed by atoms with Crippen molar-refractivity contribution in [3.63, 3.8) is 0 Å². The highest BCUT2D eigenvalue weighted by Gasteiger charge is 2.32. The molecule has 0 amide bonds. The molecule has 2 aromatic carbocycles. The molecule has 0 aliphatic carbocycles. The topological polar surface area (TPSA) is 76.8 Å². The van der Waals surface area contributed by atoms with Gasteiger partial charge in [-0.2, -0.15) is 18.2 Å². The summed E-state index contributed by atoms with van der Waals surface area (Å²) in [6.07, 6.45) is -2.36. The molecular weight excluding hydrogens is 469 g/mol. The van der Waals surface area contributed by atoms with Crippen LogP contribution in [0.2, 0.25) is 0 Å². The molecule has 36 heavy (non-hydrogen) atoms. The molecule has 0 radical (unpaired) electrons. The molecule has 7 nitrogen and oxygen atoms in total. The zero-order chi connectivity index (χ0) is 25.7. The van der Waals surface area contributed by atoms with E-state index in [4.69, 9.17) is 0 Å². The Morgan fingerprint density at radius 3 is 2.64 bits per heavy atom. The maximum absolute atomic E-state index is 13.5. The number of nitrogens with zero attached hydrogens (tertiary/aromatic N) is 4. The first kappa shape index (κ1) is 24.1. The van der Waals surface area contributed by atoms with Gasteiger partial charge in [0.2, 0.25) is 5.95 Å². The predicted molar refractivity (Wildman–Crippen MR) is 133 cm³/mol. The van der Waals surface area contributed by atoms with Gasteiger partial charge in [-0.3, -0.25) is 4.79 Å². The van der Waals surface area contributed by atoms with Crippen LogP contribution in [-0.4, -0.2) is 32.1 Å². The van der Waals surface area contributed by atoms with Crippen molar-refractivity contribution in [3.8, 4) is 5.69 Å². The summed E-state index contributed by atoms with van der Waals surface area (Å²) in [7, 11) is 0. The standard InChI is InChI=1S/C26H27F3N6O/c1-25(2,3)18-5-4-6-20(12-18)35-22-21(23(36)34(35)15-26(27,28)29)14-31-24(33-22)32-19-8-7-16-9-10-30-13-17(16)11-19/h4-8,11-12,14,30H,9-10,13,15H2,1-3H3,(H,31,32,33). The van der Waals surface area contributed by atoms with E-state index in [0.29, 0.717) is 10.4 Å². The molecule has 10 heteroatoms. The van der Waals surface area contributed by atoms with E-state index in [0.717, 1.165) is 30.8 Å². The van der Waals surface area contributed by atoms with E-state index in [2.05, 4.69) is 20.6 Å². The van der Waals surface area contributed by atoms with Gasteiger partial charge in [-0.15, -0.1) is 0 Å². The van der Waals surface area contributed by atoms with Crippen LogP contribution < -0.4 is 16.2 Å². The summed E-state index contributed by atoms with van der Waals surface area (Å²) in [5.74, 6) is 0.191. The Bertz CT molecular complexity index is 1500. The Morgan fingerprint density at radius 1 is 1.08 bits per heavy atom. The molecule has 4 aromatic rings. The van der Waals surface area contributed by atoms with Gasteiger partial charge in [-0.05, 0) is 59.3 Å². The summed E-state index contributed by atoms with van der Waals surface area (Å²) in [6.45, 7) is 6.29. The maximum Gasteiger partial charge on any atom is 0.408 e. The minimum Gasteiger partial charge on any atom is -0.324 e. The minimum atomic E-state index is -4.59. The molecule has 3 heterocycles. The summed E-state index contributed by atoms with van der Waals surface area (Å²) in [4.78, 5) is 21.8. The first-order chi connectivity index (χ1) is 17.0. The molecule has 1 aliphatic rings. The summed E-state index contributed by atoms with van der Waals surface area (Å²) >= 11 is 0. The zero-order valence-corrected chi connectivity index (χ0v) is 20.3. The number of alkyl halides is 3. The Kier molecular flexibility index (Phi) is 5.86. The van der Waals surface area contributed by atoms with Crippen molar-refractivity contribution in [2.45, 2.75) is 51.9 Å². The third kappa shape index (κ3) is 4.73. The van der Waals surface area contributed by atoms with Gasteiger partial charge >= 0.3 is 6.18 Å². The second-order valence-corrected chi connectivity index (χ2v) is 10.1. The Balaban J connectivity index is 1.64. The normalized spacial score (nSPS) is 14.2. The lowest BCUT2D eigenvalue weighted by Crippen LogP contribution is -2.30. The van der Waals surface area contributed by atoms with Crippen LogP contribution in [-0.2, 0) is 24.9 Å². The lowest BCUT2D eigenvalue weighted by Gasteiger charge is -2.21. The minimum absolute atomic E-state index is 0.0144. The highest BCUT2D eigenvalue weighted by atomic mass is 19.4. The maximum atomic E-state index is 13.5. The summed E-state index contributed by atoms with van der Waals surface area (Å²) in [5, 5.41) is 6.49. The third-order valence-corrected chi connectivity index (χ3v) is 6.31. The number of benzene rings is 2. The zero-order valence-electron chi connectivity index (χ0n) is 20.3. The van der Waals surface area contributed by atoms with Gasteiger partial charge in [-0.25, -0.2) is 14.3 Å². The molecule has 0 spiro atoms. The number of hydrogen-bond acceptors (Lipinski definition) is 5. The second-order valence-electron chi connectivity index (χ2n) is 10.1. The Hall–Kier alpha value is -3.66. The van der Waals surface area contributed by atoms with Crippen LogP contribution in [0.3, 0.4) is 0 Å². The highest BCUT2D eigenvalue weighted by Crippen LogP contribution is 2.27. The van der Waals surface area contributed by atoms with Crippen molar-refractivity contribution in [3.05, 3.63) is 75.7 Å². The van der Waals surface area contributed by atoms with Gasteiger partial charge in [0.05, 0.1) is 5.69 Å². The summed E-state index contributed by atoms with van der Waals surface area (Å²) < 4.78 is 42.4. The van der Waals surface area contributed by atoms with E-state index in [9.17, 15) is 18.0 Å². The van der Waals surface area contributed by atoms with Crippen LogP contribution in [0.1, 0.15) is 37.5 Å². The predicted octanol–water partition coefficient (Wildman–Crippen LogP) is 4.83. The van der Waals surface area contributed by atoms with Gasteiger partial charge in [0.1, 0.15) is 11.9 Å². The molecule has 5 rings (SSSR count). The van der Waals surface area contributed by atoms with E-state index in [1.165, 1.54) is 22.0 Å². The Morgan fingerprint density at radius 2 is 1.89 bits per heavy atom. The first-order valence-corrected chi connectivity index (χ1v) is 11.8. The largest absolute Gasteiger partial charge is 0.408 e. The lowest BCUT2D eigenvalue weighted by molar-refractivity contribution is -0.144. The van der Waals surface area contributed by atoms with Crippen LogP contribution >= 0.6 is 0 Å². The number of aromatic nitrogens is 4. The van der Waals surface area contributed by atoms with E-state index < -0.39 is 18.3 Å². The average molecular weight is 497 g/mol. The fraction of sp³-hybridized carbons (Fsp3) is 0.346. The SMILES string of the molecule is CC(C)(C)c1cccc(-n2c3nc(Nc4ccc5c(c4)CNCC5)ncc3c(=O)n2CC(F)(F)F)c1. The van der Waals surface area contributed by atoms with Gasteiger partial charge in [0.25, 0.3) is 5.56 Å². The molecule has 0 saturated heterocycles. The number of hydrogen-bond donors (Lipinski definition) is 2. The molecule has 1 aliphatic heterocycles. The number of halogens is 3. The van der Waals surface area contributed by atoms with Crippen LogP contribution in [0.25, 0.3) is 16.7 Å². The molecule has 2 N–H and O–H groups in total. The van der Waals surface area contributed by atoms with Gasteiger partial charge in [-0.1, -0.05) is 39.0 Å². The number of fused-ring (bicyclic) bond motifs is 2. The van der Waals surface area contributed by atoms with Gasteiger partial charge in [0.15, 0.2) is 5.65 Å². The van der Waals surface area contributed by atoms with Crippen molar-refractivity contribution < 1.29 is 13.2 Å². The average Bonchev–Trinajstić information content (AvgIpc) is 3.08. The molecule has 0 unspecified atom stereocenters. The van der Waals surface area contributed by atoms with E-state index in [1.807, 2.05) is 45.0 Å². The van der Waals surface area contributed by atoms with Crippen molar-refractivity contribution >= 4 is 22.7 Å². The fourth-order valence-corrected chi connectivity index (χ4v) is 4.46. The molecular formula is C26H27F3N6O. The monoisotopic (exact) mass is 496 g/mol. The van der Waals surface area contributed by atoms with Crippen molar-refractivity contribution in [1.29, 1.82) is 0 Å². The molecule has 0 saturated carbocycles. The highest BCUT2D eigenvalue weighted by molar-refractivity contribution is 5.77. The van der Waals surface area contributed by atoms with Crippen molar-refractivity contribution in [2.24, 2.45) is 0 Å². The fourth-order valence-electron chi connectivity index (χ4n) is 4.46. The number of anilines is 2. The Labute approximate surface area is 206 Å².